The number of aromatic nitrogens is 4. The molecule has 10 heteroatoms. The number of hydrogen-bond acceptors (Lipinski definition) is 7. The number of ketones is 1. The number of carbonyl (C=O) groups is 1. The van der Waals surface area contributed by atoms with Crippen molar-refractivity contribution in [2.75, 3.05) is 5.75 Å². The predicted molar refractivity (Wildman–Crippen MR) is 129 cm³/mol. The molecule has 5 aromatic rings. The van der Waals surface area contributed by atoms with Gasteiger partial charge in [0, 0.05) is 17.7 Å². The topological polar surface area (TPSA) is 112 Å². The largest absolute Gasteiger partial charge is 0.293 e. The maximum absolute atomic E-state index is 13.3. The number of para-hydroxylation sites is 1. The Morgan fingerprint density at radius 2 is 1.79 bits per heavy atom. The standard InChI is InChI=1S/C24H17N5O4S/c1-15-9-11-17(12-10-15)27-22(31)19-7-2-3-8-20(19)28-23(27)25-26-24(28)34-14-21(30)16-5-4-6-18(13-16)29(32)33/h2-13H,14H2,1H3. The van der Waals surface area contributed by atoms with Crippen LogP contribution in [0.3, 0.4) is 0 Å². The Morgan fingerprint density at radius 3 is 2.56 bits per heavy atom. The highest BCUT2D eigenvalue weighted by Crippen LogP contribution is 2.24. The number of hydrogen-bond donors (Lipinski definition) is 0. The van der Waals surface area contributed by atoms with Gasteiger partial charge < -0.3 is 0 Å². The van der Waals surface area contributed by atoms with Crippen molar-refractivity contribution in [1.29, 1.82) is 0 Å². The summed E-state index contributed by atoms with van der Waals surface area (Å²) in [6, 6.07) is 20.3. The van der Waals surface area contributed by atoms with Crippen molar-refractivity contribution in [2.24, 2.45) is 0 Å². The fourth-order valence-electron chi connectivity index (χ4n) is 3.71. The van der Waals surface area contributed by atoms with Crippen molar-refractivity contribution in [1.82, 2.24) is 19.2 Å². The summed E-state index contributed by atoms with van der Waals surface area (Å²) >= 11 is 1.16. The maximum Gasteiger partial charge on any atom is 0.270 e. The van der Waals surface area contributed by atoms with Crippen LogP contribution >= 0.6 is 11.8 Å². The van der Waals surface area contributed by atoms with Crippen LogP contribution in [0, 0.1) is 17.0 Å². The Hall–Kier alpha value is -4.31. The number of thioether (sulfide) groups is 1. The smallest absolute Gasteiger partial charge is 0.270 e. The molecule has 0 atom stereocenters. The van der Waals surface area contributed by atoms with Gasteiger partial charge in [-0.1, -0.05) is 53.7 Å². The van der Waals surface area contributed by atoms with Gasteiger partial charge in [0.1, 0.15) is 0 Å². The normalized spacial score (nSPS) is 11.2. The fourth-order valence-corrected chi connectivity index (χ4v) is 4.54. The molecule has 0 unspecified atom stereocenters. The van der Waals surface area contributed by atoms with E-state index in [0.29, 0.717) is 27.5 Å². The first-order valence-electron chi connectivity index (χ1n) is 10.3. The van der Waals surface area contributed by atoms with E-state index in [1.807, 2.05) is 37.3 Å². The number of Topliss-reactive ketones (excluding diaryl/α,β-unsaturated/α-hetero) is 1. The number of non-ortho nitro benzene ring substituents is 1. The number of benzene rings is 3. The lowest BCUT2D eigenvalue weighted by atomic mass is 10.1. The summed E-state index contributed by atoms with van der Waals surface area (Å²) in [7, 11) is 0. The van der Waals surface area contributed by atoms with Gasteiger partial charge in [-0.25, -0.2) is 4.57 Å². The SMILES string of the molecule is Cc1ccc(-n2c(=O)c3ccccc3n3c(SCC(=O)c4cccc([N+](=O)[O-])c4)nnc23)cc1. The second-order valence-electron chi connectivity index (χ2n) is 7.63. The van der Waals surface area contributed by atoms with E-state index in [2.05, 4.69) is 10.2 Å². The summed E-state index contributed by atoms with van der Waals surface area (Å²) in [5.74, 6) is 0.0550. The predicted octanol–water partition coefficient (Wildman–Crippen LogP) is 4.23. The van der Waals surface area contributed by atoms with Crippen LogP contribution in [-0.4, -0.2) is 35.6 Å². The third-order valence-electron chi connectivity index (χ3n) is 5.40. The Bertz CT molecular complexity index is 1640. The van der Waals surface area contributed by atoms with E-state index in [1.165, 1.54) is 22.8 Å². The second kappa shape index (κ2) is 8.56. The molecule has 5 rings (SSSR count). The number of aryl methyl sites for hydroxylation is 1. The molecule has 2 heterocycles. The van der Waals surface area contributed by atoms with E-state index in [0.717, 1.165) is 17.3 Å². The lowest BCUT2D eigenvalue weighted by molar-refractivity contribution is -0.384. The highest BCUT2D eigenvalue weighted by atomic mass is 32.2. The number of rotatable bonds is 6. The van der Waals surface area contributed by atoms with Gasteiger partial charge >= 0.3 is 0 Å². The zero-order valence-corrected chi connectivity index (χ0v) is 18.7. The molecule has 0 fully saturated rings. The van der Waals surface area contributed by atoms with Gasteiger partial charge in [-0.05, 0) is 31.2 Å². The molecule has 2 aromatic heterocycles. The number of nitrogens with zero attached hydrogens (tertiary/aromatic N) is 5. The summed E-state index contributed by atoms with van der Waals surface area (Å²) in [6.07, 6.45) is 0. The summed E-state index contributed by atoms with van der Waals surface area (Å²) in [5, 5.41) is 20.5. The van der Waals surface area contributed by atoms with Crippen LogP contribution < -0.4 is 5.56 Å². The van der Waals surface area contributed by atoms with Crippen LogP contribution in [0.4, 0.5) is 5.69 Å². The van der Waals surface area contributed by atoms with Crippen LogP contribution in [0.25, 0.3) is 22.4 Å². The first-order valence-corrected chi connectivity index (χ1v) is 11.3. The Kier molecular flexibility index (Phi) is 5.42. The third-order valence-corrected chi connectivity index (χ3v) is 6.33. The molecule has 0 aliphatic carbocycles. The van der Waals surface area contributed by atoms with Crippen LogP contribution in [0.2, 0.25) is 0 Å². The summed E-state index contributed by atoms with van der Waals surface area (Å²) in [4.78, 5) is 36.6. The van der Waals surface area contributed by atoms with Gasteiger partial charge in [-0.3, -0.25) is 24.1 Å². The molecule has 0 spiro atoms. The average molecular weight is 471 g/mol. The Morgan fingerprint density at radius 1 is 1.03 bits per heavy atom. The van der Waals surface area contributed by atoms with Gasteiger partial charge in [0.2, 0.25) is 5.78 Å². The molecular weight excluding hydrogens is 454 g/mol. The minimum absolute atomic E-state index is 0.0000536. The van der Waals surface area contributed by atoms with Crippen LogP contribution in [0.1, 0.15) is 15.9 Å². The van der Waals surface area contributed by atoms with Gasteiger partial charge in [-0.15, -0.1) is 10.2 Å². The summed E-state index contributed by atoms with van der Waals surface area (Å²) in [5.41, 5.74) is 2.23. The van der Waals surface area contributed by atoms with E-state index in [-0.39, 0.29) is 28.3 Å². The minimum Gasteiger partial charge on any atom is -0.293 e. The molecule has 34 heavy (non-hydrogen) atoms. The van der Waals surface area contributed by atoms with Gasteiger partial charge in [0.25, 0.3) is 11.2 Å². The number of nitro groups is 1. The lowest BCUT2D eigenvalue weighted by Gasteiger charge is -2.11. The van der Waals surface area contributed by atoms with E-state index >= 15 is 0 Å². The molecule has 0 aliphatic heterocycles. The van der Waals surface area contributed by atoms with Crippen LogP contribution in [0.5, 0.6) is 0 Å². The van der Waals surface area contributed by atoms with Crippen molar-refractivity contribution in [3.05, 3.63) is 104 Å². The molecule has 0 amide bonds. The van der Waals surface area contributed by atoms with Crippen molar-refractivity contribution >= 4 is 39.9 Å². The van der Waals surface area contributed by atoms with Crippen molar-refractivity contribution in [3.8, 4) is 5.69 Å². The Balaban J connectivity index is 1.59. The monoisotopic (exact) mass is 471 g/mol. The number of carbonyl (C=O) groups excluding carboxylic acids is 1. The molecule has 0 saturated heterocycles. The third kappa shape index (κ3) is 3.73. The highest BCUT2D eigenvalue weighted by molar-refractivity contribution is 7.99. The first-order chi connectivity index (χ1) is 16.4. The van der Waals surface area contributed by atoms with E-state index in [1.54, 1.807) is 28.7 Å². The lowest BCUT2D eigenvalue weighted by Crippen LogP contribution is -2.21. The van der Waals surface area contributed by atoms with Crippen molar-refractivity contribution in [3.63, 3.8) is 0 Å². The molecule has 0 radical (unpaired) electrons. The molecule has 168 valence electrons. The molecular formula is C24H17N5O4S. The van der Waals surface area contributed by atoms with E-state index in [9.17, 15) is 19.7 Å². The Labute approximate surface area is 196 Å². The van der Waals surface area contributed by atoms with Crippen molar-refractivity contribution < 1.29 is 9.72 Å². The van der Waals surface area contributed by atoms with Gasteiger partial charge in [0.05, 0.1) is 27.3 Å². The fraction of sp³-hybridized carbons (Fsp3) is 0.0833. The number of fused-ring (bicyclic) bond motifs is 3. The maximum atomic E-state index is 13.3. The highest BCUT2D eigenvalue weighted by Gasteiger charge is 2.19. The van der Waals surface area contributed by atoms with E-state index in [4.69, 9.17) is 0 Å². The molecule has 0 saturated carbocycles. The zero-order valence-electron chi connectivity index (χ0n) is 17.9. The number of nitro benzene ring substituents is 1. The molecule has 0 aliphatic rings. The summed E-state index contributed by atoms with van der Waals surface area (Å²) in [6.45, 7) is 1.96. The zero-order chi connectivity index (χ0) is 23.8. The summed E-state index contributed by atoms with van der Waals surface area (Å²) < 4.78 is 3.25. The van der Waals surface area contributed by atoms with Crippen LogP contribution in [0.15, 0.2) is 82.7 Å². The molecule has 9 nitrogen and oxygen atoms in total. The van der Waals surface area contributed by atoms with Gasteiger partial charge in [-0.2, -0.15) is 0 Å². The van der Waals surface area contributed by atoms with Crippen LogP contribution in [-0.2, 0) is 0 Å². The molecule has 3 aromatic carbocycles. The first kappa shape index (κ1) is 21.5. The quantitative estimate of drug-likeness (QED) is 0.158. The molecule has 0 N–H and O–H groups in total. The average Bonchev–Trinajstić information content (AvgIpc) is 3.27. The van der Waals surface area contributed by atoms with Crippen molar-refractivity contribution in [2.45, 2.75) is 12.1 Å². The second-order valence-corrected chi connectivity index (χ2v) is 8.57. The van der Waals surface area contributed by atoms with Gasteiger partial charge in [0.15, 0.2) is 10.9 Å². The minimum atomic E-state index is -0.535. The molecule has 0 bridgehead atoms. The van der Waals surface area contributed by atoms with E-state index < -0.39 is 4.92 Å².